The van der Waals surface area contributed by atoms with E-state index in [9.17, 15) is 9.90 Å². The zero-order chi connectivity index (χ0) is 14.8. The van der Waals surface area contributed by atoms with E-state index in [1.807, 2.05) is 23.1 Å². The fourth-order valence-corrected chi connectivity index (χ4v) is 2.83. The summed E-state index contributed by atoms with van der Waals surface area (Å²) >= 11 is 0. The molecule has 1 aliphatic heterocycles. The first kappa shape index (κ1) is 13.4. The molecule has 2 aromatic rings. The van der Waals surface area contributed by atoms with Gasteiger partial charge in [0.25, 0.3) is 0 Å². The summed E-state index contributed by atoms with van der Waals surface area (Å²) in [6.07, 6.45) is 2.51. The summed E-state index contributed by atoms with van der Waals surface area (Å²) < 4.78 is 0. The van der Waals surface area contributed by atoms with Crippen LogP contribution in [-0.4, -0.2) is 29.1 Å². The first-order chi connectivity index (χ1) is 10.1. The smallest absolute Gasteiger partial charge is 0.339 e. The fourth-order valence-electron chi connectivity index (χ4n) is 2.83. The lowest BCUT2D eigenvalue weighted by molar-refractivity contribution is 0.0697. The number of aromatic carboxylic acids is 1. The number of anilines is 2. The molecule has 0 aliphatic carbocycles. The minimum Gasteiger partial charge on any atom is -0.478 e. The van der Waals surface area contributed by atoms with Gasteiger partial charge in [-0.25, -0.2) is 9.78 Å². The van der Waals surface area contributed by atoms with Crippen molar-refractivity contribution in [2.75, 3.05) is 23.7 Å². The van der Waals surface area contributed by atoms with Crippen molar-refractivity contribution < 1.29 is 9.90 Å². The highest BCUT2D eigenvalue weighted by Gasteiger charge is 2.27. The Balaban J connectivity index is 1.85. The molecule has 3 N–H and O–H groups in total. The van der Waals surface area contributed by atoms with Gasteiger partial charge in [-0.2, -0.15) is 0 Å². The highest BCUT2D eigenvalue weighted by atomic mass is 16.4. The molecule has 2 heterocycles. The maximum absolute atomic E-state index is 11.4. The van der Waals surface area contributed by atoms with Gasteiger partial charge in [0.15, 0.2) is 0 Å². The Bertz CT molecular complexity index is 658. The highest BCUT2D eigenvalue weighted by Crippen LogP contribution is 2.31. The highest BCUT2D eigenvalue weighted by molar-refractivity contribution is 5.94. The van der Waals surface area contributed by atoms with E-state index < -0.39 is 5.97 Å². The van der Waals surface area contributed by atoms with Crippen molar-refractivity contribution in [2.24, 2.45) is 0 Å². The van der Waals surface area contributed by atoms with Crippen molar-refractivity contribution in [3.63, 3.8) is 0 Å². The number of pyridine rings is 1. The lowest BCUT2D eigenvalue weighted by Crippen LogP contribution is -2.23. The zero-order valence-electron chi connectivity index (χ0n) is 11.6. The van der Waals surface area contributed by atoms with E-state index in [1.165, 1.54) is 17.8 Å². The molecule has 0 radical (unpaired) electrons. The molecule has 3 rings (SSSR count). The lowest BCUT2D eigenvalue weighted by Gasteiger charge is -2.19. The number of nitrogen functional groups attached to an aromatic ring is 1. The molecule has 1 aromatic carbocycles. The number of aromatic nitrogens is 1. The SMILES string of the molecule is Nc1cnc(N2CCC(c3ccccc3)C2)c(C(=O)O)c1. The average Bonchev–Trinajstić information content (AvgIpc) is 2.97. The Hall–Kier alpha value is -2.56. The van der Waals surface area contributed by atoms with Gasteiger partial charge in [0.1, 0.15) is 11.4 Å². The van der Waals surface area contributed by atoms with Gasteiger partial charge < -0.3 is 15.7 Å². The molecule has 5 heteroatoms. The molecule has 108 valence electrons. The summed E-state index contributed by atoms with van der Waals surface area (Å²) in [6, 6.07) is 11.8. The second-order valence-electron chi connectivity index (χ2n) is 5.29. The largest absolute Gasteiger partial charge is 0.478 e. The normalized spacial score (nSPS) is 17.9. The number of nitrogens with two attached hydrogens (primary N) is 1. The van der Waals surface area contributed by atoms with Crippen LogP contribution in [0.3, 0.4) is 0 Å². The van der Waals surface area contributed by atoms with E-state index in [1.54, 1.807) is 0 Å². The van der Waals surface area contributed by atoms with E-state index in [2.05, 4.69) is 17.1 Å². The lowest BCUT2D eigenvalue weighted by atomic mass is 9.99. The van der Waals surface area contributed by atoms with E-state index in [0.29, 0.717) is 17.4 Å². The van der Waals surface area contributed by atoms with Crippen LogP contribution in [0.4, 0.5) is 11.5 Å². The Morgan fingerprint density at radius 1 is 1.33 bits per heavy atom. The maximum atomic E-state index is 11.4. The molecule has 21 heavy (non-hydrogen) atoms. The molecule has 1 atom stereocenters. The Labute approximate surface area is 123 Å². The van der Waals surface area contributed by atoms with Crippen LogP contribution in [0, 0.1) is 0 Å². The third-order valence-corrected chi connectivity index (χ3v) is 3.88. The van der Waals surface area contributed by atoms with Gasteiger partial charge in [-0.15, -0.1) is 0 Å². The van der Waals surface area contributed by atoms with Crippen molar-refractivity contribution in [3.05, 3.63) is 53.7 Å². The molecule has 1 aromatic heterocycles. The first-order valence-electron chi connectivity index (χ1n) is 6.94. The Kier molecular flexibility index (Phi) is 3.48. The van der Waals surface area contributed by atoms with E-state index in [0.717, 1.165) is 19.5 Å². The number of nitrogens with zero attached hydrogens (tertiary/aromatic N) is 2. The van der Waals surface area contributed by atoms with E-state index >= 15 is 0 Å². The standard InChI is InChI=1S/C16H17N3O2/c17-13-8-14(16(20)21)15(18-9-13)19-7-6-12(10-19)11-4-2-1-3-5-11/h1-5,8-9,12H,6-7,10,17H2,(H,20,21). The monoisotopic (exact) mass is 283 g/mol. The van der Waals surface area contributed by atoms with Crippen LogP contribution >= 0.6 is 0 Å². The molecule has 0 amide bonds. The summed E-state index contributed by atoms with van der Waals surface area (Å²) in [5.74, 6) is -0.0738. The fraction of sp³-hybridized carbons (Fsp3) is 0.250. The number of rotatable bonds is 3. The van der Waals surface area contributed by atoms with E-state index in [4.69, 9.17) is 5.73 Å². The average molecular weight is 283 g/mol. The number of carboxylic acids is 1. The van der Waals surface area contributed by atoms with Crippen molar-refractivity contribution >= 4 is 17.5 Å². The first-order valence-corrected chi connectivity index (χ1v) is 6.94. The van der Waals surface area contributed by atoms with Crippen LogP contribution in [0.1, 0.15) is 28.3 Å². The van der Waals surface area contributed by atoms with Crippen molar-refractivity contribution in [3.8, 4) is 0 Å². The van der Waals surface area contributed by atoms with Crippen LogP contribution in [0.2, 0.25) is 0 Å². The van der Waals surface area contributed by atoms with Gasteiger partial charge in [0.2, 0.25) is 0 Å². The van der Waals surface area contributed by atoms with Crippen molar-refractivity contribution in [1.82, 2.24) is 4.98 Å². The predicted octanol–water partition coefficient (Wildman–Crippen LogP) is 2.36. The number of benzene rings is 1. The van der Waals surface area contributed by atoms with Gasteiger partial charge in [-0.05, 0) is 18.1 Å². The van der Waals surface area contributed by atoms with Crippen LogP contribution in [-0.2, 0) is 0 Å². The molecule has 1 saturated heterocycles. The summed E-state index contributed by atoms with van der Waals surface area (Å²) in [5, 5.41) is 9.31. The van der Waals surface area contributed by atoms with Gasteiger partial charge in [-0.1, -0.05) is 30.3 Å². The third kappa shape index (κ3) is 2.67. The summed E-state index contributed by atoms with van der Waals surface area (Å²) in [7, 11) is 0. The third-order valence-electron chi connectivity index (χ3n) is 3.88. The maximum Gasteiger partial charge on any atom is 0.339 e. The van der Waals surface area contributed by atoms with Crippen LogP contribution in [0.5, 0.6) is 0 Å². The number of carbonyl (C=O) groups is 1. The van der Waals surface area contributed by atoms with Crippen LogP contribution in [0.15, 0.2) is 42.6 Å². The molecular formula is C16H17N3O2. The van der Waals surface area contributed by atoms with Crippen molar-refractivity contribution in [2.45, 2.75) is 12.3 Å². The molecule has 1 fully saturated rings. The minimum absolute atomic E-state index is 0.170. The van der Waals surface area contributed by atoms with Gasteiger partial charge in [0.05, 0.1) is 11.9 Å². The van der Waals surface area contributed by atoms with Crippen LogP contribution < -0.4 is 10.6 Å². The Morgan fingerprint density at radius 3 is 2.81 bits per heavy atom. The quantitative estimate of drug-likeness (QED) is 0.904. The topological polar surface area (TPSA) is 79.5 Å². The second-order valence-corrected chi connectivity index (χ2v) is 5.29. The summed E-state index contributed by atoms with van der Waals surface area (Å²) in [4.78, 5) is 17.6. The molecule has 1 aliphatic rings. The molecular weight excluding hydrogens is 266 g/mol. The number of hydrogen-bond acceptors (Lipinski definition) is 4. The molecule has 0 spiro atoms. The zero-order valence-corrected chi connectivity index (χ0v) is 11.6. The molecule has 5 nitrogen and oxygen atoms in total. The predicted molar refractivity (Wildman–Crippen MR) is 81.6 cm³/mol. The summed E-state index contributed by atoms with van der Waals surface area (Å²) in [6.45, 7) is 1.58. The number of carboxylic acid groups (broad SMARTS) is 1. The molecule has 1 unspecified atom stereocenters. The summed E-state index contributed by atoms with van der Waals surface area (Å²) in [5.41, 5.74) is 7.46. The van der Waals surface area contributed by atoms with Gasteiger partial charge in [-0.3, -0.25) is 0 Å². The van der Waals surface area contributed by atoms with Gasteiger partial charge in [0, 0.05) is 19.0 Å². The van der Waals surface area contributed by atoms with Crippen LogP contribution in [0.25, 0.3) is 0 Å². The second kappa shape index (κ2) is 5.44. The minimum atomic E-state index is -0.993. The Morgan fingerprint density at radius 2 is 2.10 bits per heavy atom. The van der Waals surface area contributed by atoms with Crippen molar-refractivity contribution in [1.29, 1.82) is 0 Å². The van der Waals surface area contributed by atoms with Gasteiger partial charge >= 0.3 is 5.97 Å². The number of hydrogen-bond donors (Lipinski definition) is 2. The van der Waals surface area contributed by atoms with E-state index in [-0.39, 0.29) is 5.56 Å². The molecule has 0 bridgehead atoms. The molecule has 0 saturated carbocycles.